The molecule has 0 saturated carbocycles. The molecule has 0 saturated heterocycles. The van der Waals surface area contributed by atoms with Crippen LogP contribution in [-0.2, 0) is 16.6 Å². The first kappa shape index (κ1) is 14.4. The lowest BCUT2D eigenvalue weighted by atomic mass is 10.2. The van der Waals surface area contributed by atoms with Crippen molar-refractivity contribution in [1.82, 2.24) is 4.72 Å². The van der Waals surface area contributed by atoms with E-state index in [1.54, 1.807) is 6.07 Å². The van der Waals surface area contributed by atoms with E-state index in [1.165, 1.54) is 18.2 Å². The number of nitrogens with two attached hydrogens (primary N) is 1. The summed E-state index contributed by atoms with van der Waals surface area (Å²) in [6, 6.07) is 8.68. The molecule has 7 heteroatoms. The first-order valence-corrected chi connectivity index (χ1v) is 7.16. The van der Waals surface area contributed by atoms with Gasteiger partial charge >= 0.3 is 0 Å². The maximum Gasteiger partial charge on any atom is 0.240 e. The van der Waals surface area contributed by atoms with Gasteiger partial charge in [-0.15, -0.1) is 0 Å². The molecular weight excluding hydrogens is 286 g/mol. The van der Waals surface area contributed by atoms with Gasteiger partial charge in [0.15, 0.2) is 0 Å². The molecule has 2 aromatic carbocycles. The number of anilines is 1. The second kappa shape index (κ2) is 5.56. The summed E-state index contributed by atoms with van der Waals surface area (Å²) in [4.78, 5) is -0.146. The summed E-state index contributed by atoms with van der Waals surface area (Å²) in [5, 5.41) is 0. The Morgan fingerprint density at radius 3 is 2.50 bits per heavy atom. The summed E-state index contributed by atoms with van der Waals surface area (Å²) >= 11 is 0. The van der Waals surface area contributed by atoms with Crippen LogP contribution in [0.1, 0.15) is 5.56 Å². The van der Waals surface area contributed by atoms with Crippen molar-refractivity contribution in [2.75, 3.05) is 5.73 Å². The maximum absolute atomic E-state index is 13.0. The normalized spacial score (nSPS) is 11.5. The first-order valence-electron chi connectivity index (χ1n) is 5.67. The monoisotopic (exact) mass is 298 g/mol. The van der Waals surface area contributed by atoms with Gasteiger partial charge in [0.2, 0.25) is 10.0 Å². The summed E-state index contributed by atoms with van der Waals surface area (Å²) in [5.41, 5.74) is 5.55. The van der Waals surface area contributed by atoms with Gasteiger partial charge in [-0.2, -0.15) is 0 Å². The van der Waals surface area contributed by atoms with E-state index >= 15 is 0 Å². The fourth-order valence-corrected chi connectivity index (χ4v) is 2.65. The molecule has 0 radical (unpaired) electrons. The molecule has 20 heavy (non-hydrogen) atoms. The number of rotatable bonds is 4. The van der Waals surface area contributed by atoms with Crippen LogP contribution in [0.15, 0.2) is 47.4 Å². The molecular formula is C13H12F2N2O2S. The van der Waals surface area contributed by atoms with E-state index < -0.39 is 21.7 Å². The molecule has 0 aromatic heterocycles. The first-order chi connectivity index (χ1) is 9.38. The minimum absolute atomic E-state index is 0.0720. The fourth-order valence-electron chi connectivity index (χ4n) is 1.60. The molecule has 2 rings (SSSR count). The van der Waals surface area contributed by atoms with Crippen molar-refractivity contribution in [3.05, 3.63) is 59.7 Å². The van der Waals surface area contributed by atoms with Crippen LogP contribution in [0.4, 0.5) is 14.5 Å². The van der Waals surface area contributed by atoms with Gasteiger partial charge in [0.1, 0.15) is 11.6 Å². The molecule has 0 bridgehead atoms. The Morgan fingerprint density at radius 2 is 1.85 bits per heavy atom. The van der Waals surface area contributed by atoms with Crippen molar-refractivity contribution < 1.29 is 17.2 Å². The van der Waals surface area contributed by atoms with E-state index in [1.807, 2.05) is 0 Å². The van der Waals surface area contributed by atoms with Crippen LogP contribution in [0.3, 0.4) is 0 Å². The molecule has 106 valence electrons. The Morgan fingerprint density at radius 1 is 1.10 bits per heavy atom. The molecule has 3 N–H and O–H groups in total. The Bertz CT molecular complexity index is 733. The van der Waals surface area contributed by atoms with Crippen LogP contribution in [0.5, 0.6) is 0 Å². The van der Waals surface area contributed by atoms with E-state index in [4.69, 9.17) is 5.73 Å². The molecule has 2 aromatic rings. The minimum Gasteiger partial charge on any atom is -0.396 e. The van der Waals surface area contributed by atoms with Crippen LogP contribution in [-0.4, -0.2) is 8.42 Å². The standard InChI is InChI=1S/C13H12F2N2O2S/c14-10-3-1-2-9(6-10)8-17-20(18,19)11-4-5-12(15)13(16)7-11/h1-7,17H,8,16H2. The van der Waals surface area contributed by atoms with Gasteiger partial charge in [-0.05, 0) is 35.9 Å². The molecule has 0 amide bonds. The third-order valence-corrected chi connectivity index (χ3v) is 4.03. The minimum atomic E-state index is -3.83. The van der Waals surface area contributed by atoms with Crippen molar-refractivity contribution in [3.8, 4) is 0 Å². The van der Waals surface area contributed by atoms with Gasteiger partial charge in [-0.3, -0.25) is 0 Å². The zero-order valence-corrected chi connectivity index (χ0v) is 11.1. The number of benzene rings is 2. The number of halogens is 2. The number of hydrogen-bond acceptors (Lipinski definition) is 3. The van der Waals surface area contributed by atoms with Crippen molar-refractivity contribution in [3.63, 3.8) is 0 Å². The van der Waals surface area contributed by atoms with Crippen LogP contribution >= 0.6 is 0 Å². The summed E-state index contributed by atoms with van der Waals surface area (Å²) in [7, 11) is -3.83. The molecule has 0 aliphatic carbocycles. The molecule has 0 aliphatic heterocycles. The van der Waals surface area contributed by atoms with Crippen molar-refractivity contribution in [2.45, 2.75) is 11.4 Å². The smallest absolute Gasteiger partial charge is 0.240 e. The summed E-state index contributed by atoms with van der Waals surface area (Å²) < 4.78 is 52.2. The van der Waals surface area contributed by atoms with Crippen LogP contribution in [0.2, 0.25) is 0 Å². The van der Waals surface area contributed by atoms with E-state index in [9.17, 15) is 17.2 Å². The van der Waals surface area contributed by atoms with Gasteiger partial charge < -0.3 is 5.73 Å². The van der Waals surface area contributed by atoms with Gasteiger partial charge in [0.05, 0.1) is 10.6 Å². The molecule has 0 unspecified atom stereocenters. The highest BCUT2D eigenvalue weighted by atomic mass is 32.2. The lowest BCUT2D eigenvalue weighted by Gasteiger charge is -2.08. The van der Waals surface area contributed by atoms with Crippen molar-refractivity contribution >= 4 is 15.7 Å². The molecule has 4 nitrogen and oxygen atoms in total. The summed E-state index contributed by atoms with van der Waals surface area (Å²) in [5.74, 6) is -1.14. The quantitative estimate of drug-likeness (QED) is 0.848. The molecule has 0 aliphatic rings. The average molecular weight is 298 g/mol. The second-order valence-corrected chi connectivity index (χ2v) is 5.90. The lowest BCUT2D eigenvalue weighted by Crippen LogP contribution is -2.23. The Kier molecular flexibility index (Phi) is 4.01. The lowest BCUT2D eigenvalue weighted by molar-refractivity contribution is 0.579. The van der Waals surface area contributed by atoms with Crippen molar-refractivity contribution in [1.29, 1.82) is 0 Å². The third-order valence-electron chi connectivity index (χ3n) is 2.63. The third kappa shape index (κ3) is 3.31. The Labute approximate surface area is 115 Å². The zero-order chi connectivity index (χ0) is 14.8. The number of nitrogens with one attached hydrogen (secondary N) is 1. The predicted octanol–water partition coefficient (Wildman–Crippen LogP) is 2.03. The zero-order valence-electron chi connectivity index (χ0n) is 10.3. The Hall–Kier alpha value is -1.99. The van der Waals surface area contributed by atoms with Gasteiger partial charge in [-0.25, -0.2) is 21.9 Å². The Balaban J connectivity index is 2.17. The predicted molar refractivity (Wildman–Crippen MR) is 71.2 cm³/mol. The van der Waals surface area contributed by atoms with E-state index in [2.05, 4.69) is 4.72 Å². The van der Waals surface area contributed by atoms with E-state index in [0.717, 1.165) is 18.2 Å². The molecule has 0 atom stereocenters. The molecule has 0 fully saturated rings. The maximum atomic E-state index is 13.0. The van der Waals surface area contributed by atoms with Crippen molar-refractivity contribution in [2.24, 2.45) is 0 Å². The highest BCUT2D eigenvalue weighted by molar-refractivity contribution is 7.89. The second-order valence-electron chi connectivity index (χ2n) is 4.14. The van der Waals surface area contributed by atoms with E-state index in [-0.39, 0.29) is 17.1 Å². The number of sulfonamides is 1. The van der Waals surface area contributed by atoms with Crippen LogP contribution in [0.25, 0.3) is 0 Å². The number of nitrogen functional groups attached to an aromatic ring is 1. The van der Waals surface area contributed by atoms with Gasteiger partial charge in [0.25, 0.3) is 0 Å². The fraction of sp³-hybridized carbons (Fsp3) is 0.0769. The van der Waals surface area contributed by atoms with E-state index in [0.29, 0.717) is 5.56 Å². The summed E-state index contributed by atoms with van der Waals surface area (Å²) in [6.45, 7) is -0.0720. The van der Waals surface area contributed by atoms with Gasteiger partial charge in [0, 0.05) is 6.54 Å². The summed E-state index contributed by atoms with van der Waals surface area (Å²) in [6.07, 6.45) is 0. The molecule has 0 spiro atoms. The topological polar surface area (TPSA) is 72.2 Å². The SMILES string of the molecule is Nc1cc(S(=O)(=O)NCc2cccc(F)c2)ccc1F. The molecule has 0 heterocycles. The number of hydrogen-bond donors (Lipinski definition) is 2. The largest absolute Gasteiger partial charge is 0.396 e. The van der Waals surface area contributed by atoms with Gasteiger partial charge in [-0.1, -0.05) is 12.1 Å². The van der Waals surface area contributed by atoms with Crippen LogP contribution in [0, 0.1) is 11.6 Å². The average Bonchev–Trinajstić information content (AvgIpc) is 2.40. The van der Waals surface area contributed by atoms with Crippen LogP contribution < -0.4 is 10.5 Å². The highest BCUT2D eigenvalue weighted by Crippen LogP contribution is 2.16. The highest BCUT2D eigenvalue weighted by Gasteiger charge is 2.15.